The van der Waals surface area contributed by atoms with Gasteiger partial charge < -0.3 is 9.84 Å². The lowest BCUT2D eigenvalue weighted by atomic mass is 10.3. The van der Waals surface area contributed by atoms with Gasteiger partial charge in [0.1, 0.15) is 5.56 Å². The number of nitrogens with zero attached hydrogens (tertiary/aromatic N) is 3. The first-order valence-electron chi connectivity index (χ1n) is 4.85. The summed E-state index contributed by atoms with van der Waals surface area (Å²) in [6.45, 7) is 3.77. The van der Waals surface area contributed by atoms with Gasteiger partial charge in [0, 0.05) is 11.8 Å². The van der Waals surface area contributed by atoms with Crippen molar-refractivity contribution < 1.29 is 14.6 Å². The molecule has 0 aliphatic carbocycles. The van der Waals surface area contributed by atoms with Gasteiger partial charge in [0.2, 0.25) is 5.88 Å². The van der Waals surface area contributed by atoms with Crippen molar-refractivity contribution in [1.82, 2.24) is 14.6 Å². The number of aryl methyl sites for hydroxylation is 1. The van der Waals surface area contributed by atoms with Gasteiger partial charge in [-0.2, -0.15) is 10.1 Å². The number of hydrogen-bond acceptors (Lipinski definition) is 5. The molecule has 0 amide bonds. The fourth-order valence-corrected chi connectivity index (χ4v) is 1.45. The first-order valence-corrected chi connectivity index (χ1v) is 4.85. The molecule has 1 N–H and O–H groups in total. The molecule has 0 aromatic carbocycles. The Bertz CT molecular complexity index is 547. The molecule has 0 saturated heterocycles. The third kappa shape index (κ3) is 1.58. The van der Waals surface area contributed by atoms with Crippen LogP contribution < -0.4 is 0 Å². The minimum Gasteiger partial charge on any atom is -0.493 e. The van der Waals surface area contributed by atoms with Crippen LogP contribution in [0.3, 0.4) is 0 Å². The third-order valence-corrected chi connectivity index (χ3v) is 2.13. The summed E-state index contributed by atoms with van der Waals surface area (Å²) in [6, 6.07) is 1.47. The van der Waals surface area contributed by atoms with Crippen molar-refractivity contribution in [1.29, 1.82) is 0 Å². The van der Waals surface area contributed by atoms with Gasteiger partial charge in [0.15, 0.2) is 5.65 Å². The Labute approximate surface area is 91.5 Å². The molecule has 2 rings (SSSR count). The molecule has 16 heavy (non-hydrogen) atoms. The van der Waals surface area contributed by atoms with E-state index in [4.69, 9.17) is 4.74 Å². The normalized spacial score (nSPS) is 10.6. The average Bonchev–Trinajstić information content (AvgIpc) is 2.61. The highest BCUT2D eigenvalue weighted by Gasteiger charge is 2.16. The summed E-state index contributed by atoms with van der Waals surface area (Å²) in [6.07, 6.45) is 1.38. The summed E-state index contributed by atoms with van der Waals surface area (Å²) in [4.78, 5) is 15.4. The van der Waals surface area contributed by atoms with Crippen molar-refractivity contribution in [3.05, 3.63) is 23.5 Å². The fraction of sp³-hybridized carbons (Fsp3) is 0.300. The zero-order valence-electron chi connectivity index (χ0n) is 8.97. The molecule has 0 fully saturated rings. The summed E-state index contributed by atoms with van der Waals surface area (Å²) >= 11 is 0. The van der Waals surface area contributed by atoms with Gasteiger partial charge in [-0.3, -0.25) is 0 Å². The molecule has 2 aromatic rings. The topological polar surface area (TPSA) is 76.7 Å². The maximum Gasteiger partial charge on any atom is 0.343 e. The Morgan fingerprint density at radius 2 is 2.38 bits per heavy atom. The highest BCUT2D eigenvalue weighted by Crippen LogP contribution is 2.15. The highest BCUT2D eigenvalue weighted by molar-refractivity contribution is 5.95. The third-order valence-electron chi connectivity index (χ3n) is 2.13. The van der Waals surface area contributed by atoms with Crippen LogP contribution in [-0.2, 0) is 4.74 Å². The number of rotatable bonds is 2. The van der Waals surface area contributed by atoms with E-state index in [1.165, 1.54) is 16.8 Å². The van der Waals surface area contributed by atoms with Crippen molar-refractivity contribution in [2.75, 3.05) is 6.61 Å². The predicted octanol–water partition coefficient (Wildman–Crippen LogP) is 0.920. The van der Waals surface area contributed by atoms with Crippen LogP contribution in [0.5, 0.6) is 5.88 Å². The SMILES string of the molecule is CCOC(=O)c1cnn2c(C)cc(O)nc12. The Balaban J connectivity index is 2.60. The van der Waals surface area contributed by atoms with E-state index in [1.807, 2.05) is 0 Å². The number of ether oxygens (including phenoxy) is 1. The van der Waals surface area contributed by atoms with Crippen molar-refractivity contribution in [3.63, 3.8) is 0 Å². The van der Waals surface area contributed by atoms with Crippen LogP contribution in [-0.4, -0.2) is 32.3 Å². The zero-order chi connectivity index (χ0) is 11.7. The van der Waals surface area contributed by atoms with E-state index in [1.54, 1.807) is 13.8 Å². The second kappa shape index (κ2) is 3.80. The van der Waals surface area contributed by atoms with Crippen molar-refractivity contribution in [2.45, 2.75) is 13.8 Å². The van der Waals surface area contributed by atoms with Gasteiger partial charge in [-0.05, 0) is 13.8 Å². The maximum atomic E-state index is 11.5. The first-order chi connectivity index (χ1) is 7.63. The van der Waals surface area contributed by atoms with Crippen LogP contribution in [0.2, 0.25) is 0 Å². The van der Waals surface area contributed by atoms with Crippen molar-refractivity contribution >= 4 is 11.6 Å². The molecule has 6 heteroatoms. The van der Waals surface area contributed by atoms with Crippen LogP contribution in [0.25, 0.3) is 5.65 Å². The molecule has 6 nitrogen and oxygen atoms in total. The molecule has 0 saturated carbocycles. The second-order valence-corrected chi connectivity index (χ2v) is 3.27. The standard InChI is InChI=1S/C10H11N3O3/c1-3-16-10(15)7-5-11-13-6(2)4-8(14)12-9(7)13/h4-5H,3H2,1-2H3,(H,12,14). The lowest BCUT2D eigenvalue weighted by Gasteiger charge is -2.01. The Morgan fingerprint density at radius 3 is 3.06 bits per heavy atom. The molecule has 0 atom stereocenters. The van der Waals surface area contributed by atoms with Crippen molar-refractivity contribution in [3.8, 4) is 5.88 Å². The number of esters is 1. The maximum absolute atomic E-state index is 11.5. The molecule has 84 valence electrons. The second-order valence-electron chi connectivity index (χ2n) is 3.27. The van der Waals surface area contributed by atoms with Gasteiger partial charge in [0.25, 0.3) is 0 Å². The number of carbonyl (C=O) groups excluding carboxylic acids is 1. The van der Waals surface area contributed by atoms with Gasteiger partial charge in [0.05, 0.1) is 12.8 Å². The summed E-state index contributed by atoms with van der Waals surface area (Å²) < 4.78 is 6.34. The minimum absolute atomic E-state index is 0.143. The summed E-state index contributed by atoms with van der Waals surface area (Å²) in [5.41, 5.74) is 1.25. The van der Waals surface area contributed by atoms with Gasteiger partial charge in [-0.25, -0.2) is 9.31 Å². The number of aromatic nitrogens is 3. The summed E-state index contributed by atoms with van der Waals surface area (Å²) in [7, 11) is 0. The van der Waals surface area contributed by atoms with Crippen molar-refractivity contribution in [2.24, 2.45) is 0 Å². The monoisotopic (exact) mass is 221 g/mol. The van der Waals surface area contributed by atoms with E-state index < -0.39 is 5.97 Å². The van der Waals surface area contributed by atoms with E-state index in [2.05, 4.69) is 10.1 Å². The van der Waals surface area contributed by atoms with Gasteiger partial charge in [-0.15, -0.1) is 0 Å². The summed E-state index contributed by atoms with van der Waals surface area (Å²) in [5.74, 6) is -0.633. The lowest BCUT2D eigenvalue weighted by molar-refractivity contribution is 0.0528. The molecule has 0 radical (unpaired) electrons. The predicted molar refractivity (Wildman–Crippen MR) is 55.3 cm³/mol. The molecule has 2 heterocycles. The molecule has 0 aliphatic heterocycles. The first kappa shape index (κ1) is 10.4. The average molecular weight is 221 g/mol. The van der Waals surface area contributed by atoms with Crippen LogP contribution in [0.15, 0.2) is 12.3 Å². The molecule has 2 aromatic heterocycles. The number of hydrogen-bond donors (Lipinski definition) is 1. The quantitative estimate of drug-likeness (QED) is 0.763. The Kier molecular flexibility index (Phi) is 2.47. The molecular weight excluding hydrogens is 210 g/mol. The summed E-state index contributed by atoms with van der Waals surface area (Å²) in [5, 5.41) is 13.4. The molecule has 0 spiro atoms. The molecule has 0 unspecified atom stereocenters. The largest absolute Gasteiger partial charge is 0.493 e. The molecule has 0 bridgehead atoms. The van der Waals surface area contributed by atoms with E-state index in [0.717, 1.165) is 0 Å². The fourth-order valence-electron chi connectivity index (χ4n) is 1.45. The van der Waals surface area contributed by atoms with E-state index in [0.29, 0.717) is 11.3 Å². The number of carbonyl (C=O) groups is 1. The minimum atomic E-state index is -0.491. The van der Waals surface area contributed by atoms with Crippen LogP contribution in [0.1, 0.15) is 23.0 Å². The smallest absolute Gasteiger partial charge is 0.343 e. The van der Waals surface area contributed by atoms with E-state index in [9.17, 15) is 9.90 Å². The van der Waals surface area contributed by atoms with Gasteiger partial charge in [-0.1, -0.05) is 0 Å². The van der Waals surface area contributed by atoms with Crippen LogP contribution in [0, 0.1) is 6.92 Å². The van der Waals surface area contributed by atoms with E-state index in [-0.39, 0.29) is 18.1 Å². The lowest BCUT2D eigenvalue weighted by Crippen LogP contribution is -2.05. The molecule has 0 aliphatic rings. The Hall–Kier alpha value is -2.11. The van der Waals surface area contributed by atoms with Gasteiger partial charge >= 0.3 is 5.97 Å². The zero-order valence-corrected chi connectivity index (χ0v) is 8.97. The molecular formula is C10H11N3O3. The number of fused-ring (bicyclic) bond motifs is 1. The highest BCUT2D eigenvalue weighted by atomic mass is 16.5. The van der Waals surface area contributed by atoms with Crippen LogP contribution >= 0.6 is 0 Å². The van der Waals surface area contributed by atoms with E-state index >= 15 is 0 Å². The number of aromatic hydroxyl groups is 1. The Morgan fingerprint density at radius 1 is 1.62 bits per heavy atom. The van der Waals surface area contributed by atoms with Crippen LogP contribution in [0.4, 0.5) is 0 Å².